The smallest absolute Gasteiger partial charge is 0.270 e. The first kappa shape index (κ1) is 23.6. The van der Waals surface area contributed by atoms with Crippen molar-refractivity contribution in [2.75, 3.05) is 23.3 Å². The maximum Gasteiger partial charge on any atom is 0.270 e. The van der Waals surface area contributed by atoms with Gasteiger partial charge in [-0.05, 0) is 36.4 Å². The predicted molar refractivity (Wildman–Crippen MR) is 140 cm³/mol. The van der Waals surface area contributed by atoms with E-state index in [-0.39, 0.29) is 24.2 Å². The van der Waals surface area contributed by atoms with Gasteiger partial charge in [0, 0.05) is 55.9 Å². The minimum Gasteiger partial charge on any atom is -0.371 e. The highest BCUT2D eigenvalue weighted by Gasteiger charge is 2.34. The molecule has 12 heteroatoms. The van der Waals surface area contributed by atoms with Gasteiger partial charge in [0.15, 0.2) is 5.65 Å². The van der Waals surface area contributed by atoms with E-state index in [0.717, 1.165) is 5.69 Å². The van der Waals surface area contributed by atoms with Gasteiger partial charge in [0.05, 0.1) is 15.7 Å². The summed E-state index contributed by atoms with van der Waals surface area (Å²) in [5, 5.41) is 4.00. The van der Waals surface area contributed by atoms with Crippen LogP contribution in [0, 0.1) is 0 Å². The molecule has 0 radical (unpaired) electrons. The van der Waals surface area contributed by atoms with Gasteiger partial charge in [0.25, 0.3) is 11.5 Å². The van der Waals surface area contributed by atoms with Gasteiger partial charge in [-0.2, -0.15) is 4.98 Å². The first-order valence-corrected chi connectivity index (χ1v) is 12.3. The zero-order valence-corrected chi connectivity index (χ0v) is 20.7. The topological polar surface area (TPSA) is 80.3 Å². The lowest BCUT2D eigenvalue weighted by Crippen LogP contribution is -2.39. The van der Waals surface area contributed by atoms with Gasteiger partial charge in [-0.15, -0.1) is 0 Å². The Kier molecular flexibility index (Phi) is 5.73. The summed E-state index contributed by atoms with van der Waals surface area (Å²) in [5.41, 5.74) is 1.86. The fourth-order valence-electron chi connectivity index (χ4n) is 4.49. The van der Waals surface area contributed by atoms with Crippen LogP contribution in [-0.4, -0.2) is 42.9 Å². The van der Waals surface area contributed by atoms with E-state index in [2.05, 4.69) is 20.3 Å². The third-order valence-electron chi connectivity index (χ3n) is 6.40. The Bertz CT molecular complexity index is 1670. The maximum absolute atomic E-state index is 13.5. The van der Waals surface area contributed by atoms with Gasteiger partial charge in [-0.25, -0.2) is 23.3 Å². The van der Waals surface area contributed by atoms with E-state index < -0.39 is 11.5 Å². The summed E-state index contributed by atoms with van der Waals surface area (Å²) in [6, 6.07) is 12.4. The number of alkyl halides is 2. The Morgan fingerprint density at radius 2 is 1.68 bits per heavy atom. The Morgan fingerprint density at radius 3 is 2.38 bits per heavy atom. The number of nitrogens with one attached hydrogen (secondary N) is 1. The molecule has 2 aromatic carbocycles. The first-order chi connectivity index (χ1) is 17.8. The van der Waals surface area contributed by atoms with Crippen LogP contribution in [0.3, 0.4) is 0 Å². The highest BCUT2D eigenvalue weighted by Crippen LogP contribution is 2.32. The third kappa shape index (κ3) is 4.25. The van der Waals surface area contributed by atoms with Crippen LogP contribution >= 0.6 is 23.2 Å². The van der Waals surface area contributed by atoms with Crippen LogP contribution in [0.25, 0.3) is 22.5 Å². The average molecular weight is 542 g/mol. The second kappa shape index (κ2) is 8.97. The van der Waals surface area contributed by atoms with E-state index in [0.29, 0.717) is 45.9 Å². The number of anilines is 3. The number of imidazole rings is 1. The largest absolute Gasteiger partial charge is 0.371 e. The molecule has 5 aromatic rings. The highest BCUT2D eigenvalue weighted by molar-refractivity contribution is 6.37. The van der Waals surface area contributed by atoms with Gasteiger partial charge >= 0.3 is 0 Å². The molecule has 0 amide bonds. The summed E-state index contributed by atoms with van der Waals surface area (Å²) in [7, 11) is 0. The number of para-hydroxylation sites is 1. The molecule has 0 saturated carbocycles. The van der Waals surface area contributed by atoms with Gasteiger partial charge in [0.2, 0.25) is 11.7 Å². The zero-order valence-electron chi connectivity index (χ0n) is 19.2. The molecule has 188 valence electrons. The second-order valence-electron chi connectivity index (χ2n) is 8.75. The van der Waals surface area contributed by atoms with Crippen molar-refractivity contribution in [3.8, 4) is 5.69 Å². The number of hydrogen-bond donors (Lipinski definition) is 1. The number of nitrogens with zero attached hydrogens (tertiary/aromatic N) is 6. The Balaban J connectivity index is 1.34. The van der Waals surface area contributed by atoms with E-state index in [9.17, 15) is 13.6 Å². The van der Waals surface area contributed by atoms with Crippen molar-refractivity contribution in [3.05, 3.63) is 81.5 Å². The summed E-state index contributed by atoms with van der Waals surface area (Å²) in [4.78, 5) is 28.7. The molecule has 1 fully saturated rings. The molecule has 8 nitrogen and oxygen atoms in total. The van der Waals surface area contributed by atoms with Gasteiger partial charge < -0.3 is 10.2 Å². The third-order valence-corrected chi connectivity index (χ3v) is 7.01. The molecular weight excluding hydrogens is 523 g/mol. The van der Waals surface area contributed by atoms with Crippen LogP contribution in [0.2, 0.25) is 10.0 Å². The first-order valence-electron chi connectivity index (χ1n) is 11.5. The average Bonchev–Trinajstić information content (AvgIpc) is 3.36. The fourth-order valence-corrected chi connectivity index (χ4v) is 5.05. The van der Waals surface area contributed by atoms with E-state index >= 15 is 0 Å². The molecule has 6 rings (SSSR count). The van der Waals surface area contributed by atoms with Crippen molar-refractivity contribution in [2.45, 2.75) is 18.8 Å². The molecule has 0 aliphatic carbocycles. The van der Waals surface area contributed by atoms with Crippen molar-refractivity contribution in [2.24, 2.45) is 0 Å². The van der Waals surface area contributed by atoms with E-state index in [1.807, 2.05) is 29.2 Å². The molecule has 0 bridgehead atoms. The molecule has 0 spiro atoms. The number of rotatable bonds is 4. The summed E-state index contributed by atoms with van der Waals surface area (Å²) >= 11 is 12.8. The molecular formula is C25H19Cl2F2N7O. The molecule has 1 N–H and O–H groups in total. The maximum atomic E-state index is 13.5. The van der Waals surface area contributed by atoms with Crippen molar-refractivity contribution >= 4 is 57.3 Å². The highest BCUT2D eigenvalue weighted by atomic mass is 35.5. The fraction of sp³-hybridized carbons (Fsp3) is 0.200. The van der Waals surface area contributed by atoms with Crippen LogP contribution in [0.5, 0.6) is 0 Å². The Hall–Kier alpha value is -3.76. The van der Waals surface area contributed by atoms with Crippen molar-refractivity contribution in [1.82, 2.24) is 23.9 Å². The van der Waals surface area contributed by atoms with Gasteiger partial charge in [-0.1, -0.05) is 29.3 Å². The molecule has 1 saturated heterocycles. The number of benzene rings is 2. The molecule has 1 aliphatic heterocycles. The van der Waals surface area contributed by atoms with Crippen LogP contribution in [0.15, 0.2) is 65.8 Å². The summed E-state index contributed by atoms with van der Waals surface area (Å²) < 4.78 is 29.9. The minimum absolute atomic E-state index is 0.148. The lowest BCUT2D eigenvalue weighted by Gasteiger charge is -2.33. The van der Waals surface area contributed by atoms with E-state index in [1.54, 1.807) is 35.0 Å². The van der Waals surface area contributed by atoms with Crippen LogP contribution in [-0.2, 0) is 0 Å². The number of fused-ring (bicyclic) bond motifs is 3. The van der Waals surface area contributed by atoms with Crippen molar-refractivity contribution < 1.29 is 8.78 Å². The molecule has 1 aliphatic rings. The van der Waals surface area contributed by atoms with Gasteiger partial charge in [-0.3, -0.25) is 9.20 Å². The number of aromatic nitrogens is 5. The molecule has 0 atom stereocenters. The van der Waals surface area contributed by atoms with Crippen molar-refractivity contribution in [3.63, 3.8) is 0 Å². The summed E-state index contributed by atoms with van der Waals surface area (Å²) in [5.74, 6) is -2.01. The SMILES string of the molecule is O=c1c2cnc(Nc3ccc(N4CCC(F)(F)CC4)cc3)nc2n2ccnc2n1-c1c(Cl)cccc1Cl. The number of halogens is 4. The van der Waals surface area contributed by atoms with E-state index in [1.165, 1.54) is 10.8 Å². The molecule has 4 heterocycles. The quantitative estimate of drug-likeness (QED) is 0.313. The number of piperidine rings is 1. The van der Waals surface area contributed by atoms with Crippen LogP contribution < -0.4 is 15.8 Å². The number of hydrogen-bond acceptors (Lipinski definition) is 6. The molecule has 37 heavy (non-hydrogen) atoms. The summed E-state index contributed by atoms with van der Waals surface area (Å²) in [6.45, 7) is 0.622. The molecule has 0 unspecified atom stereocenters. The normalized spacial score (nSPS) is 15.4. The second-order valence-corrected chi connectivity index (χ2v) is 9.57. The standard InChI is InChI=1S/C25H19Cl2F2N7O/c26-18-2-1-3-19(27)20(18)36-22(37)17-14-31-23(33-21(17)35-13-10-30-24(35)36)32-15-4-6-16(7-5-15)34-11-8-25(28,29)9-12-34/h1-7,10,13-14H,8-9,11-12H2,(H,31,32,33). The van der Waals surface area contributed by atoms with Crippen LogP contribution in [0.1, 0.15) is 12.8 Å². The lowest BCUT2D eigenvalue weighted by molar-refractivity contribution is -0.0220. The monoisotopic (exact) mass is 541 g/mol. The Labute approximate surface area is 219 Å². The molecule has 3 aromatic heterocycles. The van der Waals surface area contributed by atoms with Gasteiger partial charge in [0.1, 0.15) is 5.39 Å². The Morgan fingerprint density at radius 1 is 0.973 bits per heavy atom. The van der Waals surface area contributed by atoms with Crippen LogP contribution in [0.4, 0.5) is 26.1 Å². The van der Waals surface area contributed by atoms with Crippen molar-refractivity contribution in [1.29, 1.82) is 0 Å². The van der Waals surface area contributed by atoms with E-state index in [4.69, 9.17) is 23.2 Å². The zero-order chi connectivity index (χ0) is 25.7. The lowest BCUT2D eigenvalue weighted by atomic mass is 10.1. The predicted octanol–water partition coefficient (Wildman–Crippen LogP) is 5.71. The minimum atomic E-state index is -2.59. The summed E-state index contributed by atoms with van der Waals surface area (Å²) in [6.07, 6.45) is 4.39.